The molecule has 6 nitrogen and oxygen atoms in total. The van der Waals surface area contributed by atoms with Gasteiger partial charge in [0.25, 0.3) is 0 Å². The maximum absolute atomic E-state index is 5.65. The number of morpholine rings is 1. The number of ether oxygens (including phenoxy) is 1. The molecule has 0 saturated carbocycles. The van der Waals surface area contributed by atoms with Gasteiger partial charge in [-0.3, -0.25) is 9.80 Å². The summed E-state index contributed by atoms with van der Waals surface area (Å²) in [5.74, 6) is 1.09. The van der Waals surface area contributed by atoms with Crippen molar-refractivity contribution in [3.05, 3.63) is 12.2 Å². The number of hydrogen-bond acceptors (Lipinski definition) is 5. The summed E-state index contributed by atoms with van der Waals surface area (Å²) in [5.41, 5.74) is 1.02. The van der Waals surface area contributed by atoms with E-state index in [1.165, 1.54) is 12.8 Å². The molecule has 0 aliphatic carbocycles. The number of fused-ring (bicyclic) bond motifs is 3. The normalized spacial score (nSPS) is 25.7. The van der Waals surface area contributed by atoms with Crippen molar-refractivity contribution in [3.63, 3.8) is 0 Å². The minimum absolute atomic E-state index is 0.171. The third kappa shape index (κ3) is 4.72. The summed E-state index contributed by atoms with van der Waals surface area (Å²) in [5, 5.41) is 8.14. The van der Waals surface area contributed by atoms with Gasteiger partial charge in [-0.15, -0.1) is 10.2 Å². The highest BCUT2D eigenvalue weighted by Gasteiger charge is 2.49. The van der Waals surface area contributed by atoms with Crippen LogP contribution in [0.3, 0.4) is 0 Å². The van der Waals surface area contributed by atoms with E-state index in [0.717, 1.165) is 38.7 Å². The summed E-state index contributed by atoms with van der Waals surface area (Å²) >= 11 is 0. The number of hydrogen-bond donors (Lipinski definition) is 0. The Balaban J connectivity index is 0.000000176. The predicted molar refractivity (Wildman–Crippen MR) is 127 cm³/mol. The van der Waals surface area contributed by atoms with Crippen molar-refractivity contribution in [1.29, 1.82) is 0 Å². The first kappa shape index (κ1) is 24.7. The van der Waals surface area contributed by atoms with Gasteiger partial charge in [0.15, 0.2) is 0 Å². The van der Waals surface area contributed by atoms with Crippen molar-refractivity contribution in [3.8, 4) is 0 Å². The molecule has 2 saturated heterocycles. The van der Waals surface area contributed by atoms with Gasteiger partial charge in [0.05, 0.1) is 19.8 Å². The number of nitrogens with zero attached hydrogens (tertiary/aromatic N) is 5. The van der Waals surface area contributed by atoms with Gasteiger partial charge >= 0.3 is 0 Å². The minimum Gasteiger partial charge on any atom is -0.378 e. The maximum Gasteiger partial charge on any atom is 0.147 e. The SMILES string of the molecule is CC(C)(C)C(C)(C)N1CCn2cnnc2C1.CC(C)(C)C(C)(C)N1[C@@H]2CC[C@H]1COC2. The van der Waals surface area contributed by atoms with Gasteiger partial charge in [-0.1, -0.05) is 41.5 Å². The molecule has 2 fully saturated rings. The molecule has 0 radical (unpaired) electrons. The molecular weight excluding hydrogens is 386 g/mol. The van der Waals surface area contributed by atoms with Crippen molar-refractivity contribution in [1.82, 2.24) is 24.6 Å². The third-order valence-corrected chi connectivity index (χ3v) is 8.99. The van der Waals surface area contributed by atoms with Gasteiger partial charge in [-0.25, -0.2) is 0 Å². The Morgan fingerprint density at radius 3 is 1.87 bits per heavy atom. The molecule has 3 aliphatic rings. The van der Waals surface area contributed by atoms with Gasteiger partial charge in [-0.05, 0) is 51.4 Å². The maximum atomic E-state index is 5.65. The zero-order valence-electron chi connectivity index (χ0n) is 21.8. The molecule has 3 aliphatic heterocycles. The van der Waals surface area contributed by atoms with Crippen LogP contribution in [0.25, 0.3) is 0 Å². The van der Waals surface area contributed by atoms with Crippen LogP contribution < -0.4 is 0 Å². The summed E-state index contributed by atoms with van der Waals surface area (Å²) in [6.07, 6.45) is 4.48. The molecule has 0 amide bonds. The Morgan fingerprint density at radius 1 is 0.806 bits per heavy atom. The van der Waals surface area contributed by atoms with Gasteiger partial charge in [0.1, 0.15) is 12.2 Å². The summed E-state index contributed by atoms with van der Waals surface area (Å²) in [6, 6.07) is 1.33. The van der Waals surface area contributed by atoms with Crippen molar-refractivity contribution in [2.45, 2.75) is 118 Å². The zero-order valence-corrected chi connectivity index (χ0v) is 21.8. The van der Waals surface area contributed by atoms with E-state index in [4.69, 9.17) is 4.74 Å². The smallest absolute Gasteiger partial charge is 0.147 e. The molecule has 0 spiro atoms. The van der Waals surface area contributed by atoms with Crippen LogP contribution in [-0.2, 0) is 17.8 Å². The first-order valence-corrected chi connectivity index (χ1v) is 12.1. The van der Waals surface area contributed by atoms with E-state index in [0.29, 0.717) is 17.5 Å². The summed E-state index contributed by atoms with van der Waals surface area (Å²) in [7, 11) is 0. The second kappa shape index (κ2) is 8.42. The Labute approximate surface area is 190 Å². The molecule has 0 unspecified atom stereocenters. The Hall–Kier alpha value is -0.980. The lowest BCUT2D eigenvalue weighted by Crippen LogP contribution is -2.61. The van der Waals surface area contributed by atoms with E-state index in [1.807, 2.05) is 6.33 Å². The van der Waals surface area contributed by atoms with Gasteiger partial charge in [0, 0.05) is 36.3 Å². The van der Waals surface area contributed by atoms with Gasteiger partial charge in [0.2, 0.25) is 0 Å². The number of aromatic nitrogens is 3. The van der Waals surface area contributed by atoms with Crippen molar-refractivity contribution in [2.75, 3.05) is 19.8 Å². The lowest BCUT2D eigenvalue weighted by molar-refractivity contribution is -0.0958. The quantitative estimate of drug-likeness (QED) is 0.682. The largest absolute Gasteiger partial charge is 0.378 e. The van der Waals surface area contributed by atoms with Crippen molar-refractivity contribution >= 4 is 0 Å². The summed E-state index contributed by atoms with van der Waals surface area (Å²) in [6.45, 7) is 28.2. The van der Waals surface area contributed by atoms with Crippen LogP contribution in [0.15, 0.2) is 6.33 Å². The Bertz CT molecular complexity index is 724. The molecule has 1 aromatic rings. The zero-order chi connectivity index (χ0) is 23.2. The molecule has 4 heterocycles. The van der Waals surface area contributed by atoms with Crippen LogP contribution in [0, 0.1) is 10.8 Å². The van der Waals surface area contributed by atoms with Crippen LogP contribution in [0.1, 0.15) is 87.9 Å². The van der Waals surface area contributed by atoms with Crippen LogP contribution in [0.5, 0.6) is 0 Å². The second-order valence-electron chi connectivity index (χ2n) is 12.8. The first-order chi connectivity index (χ1) is 14.2. The van der Waals surface area contributed by atoms with E-state index in [1.54, 1.807) is 0 Å². The third-order valence-electron chi connectivity index (χ3n) is 8.99. The monoisotopic (exact) mass is 433 g/mol. The second-order valence-corrected chi connectivity index (χ2v) is 12.8. The minimum atomic E-state index is 0.171. The number of rotatable bonds is 2. The fraction of sp³-hybridized carbons (Fsp3) is 0.920. The molecule has 6 heteroatoms. The highest BCUT2D eigenvalue weighted by Crippen LogP contribution is 2.43. The van der Waals surface area contributed by atoms with Crippen LogP contribution in [-0.4, -0.2) is 67.5 Å². The van der Waals surface area contributed by atoms with Gasteiger partial charge in [-0.2, -0.15) is 0 Å². The fourth-order valence-electron chi connectivity index (χ4n) is 4.95. The molecule has 2 atom stereocenters. The highest BCUT2D eigenvalue weighted by molar-refractivity contribution is 5.03. The van der Waals surface area contributed by atoms with Crippen molar-refractivity contribution < 1.29 is 4.74 Å². The van der Waals surface area contributed by atoms with E-state index in [-0.39, 0.29) is 16.5 Å². The molecule has 1 aromatic heterocycles. The molecule has 178 valence electrons. The molecular formula is C25H47N5O. The van der Waals surface area contributed by atoms with Crippen LogP contribution >= 0.6 is 0 Å². The molecule has 0 aromatic carbocycles. The average Bonchev–Trinajstić information content (AvgIpc) is 3.22. The Morgan fingerprint density at radius 2 is 1.35 bits per heavy atom. The average molecular weight is 434 g/mol. The van der Waals surface area contributed by atoms with Crippen LogP contribution in [0.4, 0.5) is 0 Å². The fourth-order valence-corrected chi connectivity index (χ4v) is 4.95. The lowest BCUT2D eigenvalue weighted by atomic mass is 9.74. The van der Waals surface area contributed by atoms with E-state index in [9.17, 15) is 0 Å². The van der Waals surface area contributed by atoms with Crippen molar-refractivity contribution in [2.24, 2.45) is 10.8 Å². The van der Waals surface area contributed by atoms with E-state index in [2.05, 4.69) is 93.8 Å². The topological polar surface area (TPSA) is 46.4 Å². The lowest BCUT2D eigenvalue weighted by Gasteiger charge is -2.52. The predicted octanol–water partition coefficient (Wildman–Crippen LogP) is 4.59. The molecule has 2 bridgehead atoms. The van der Waals surface area contributed by atoms with E-state index >= 15 is 0 Å². The molecule has 31 heavy (non-hydrogen) atoms. The summed E-state index contributed by atoms with van der Waals surface area (Å²) < 4.78 is 7.80. The standard InChI is InChI=1S/C13H25NO.C12H22N4/c1-12(2,3)13(4,5)14-10-6-7-11(14)9-15-8-10;1-11(2,3)12(4,5)16-7-6-15-9-13-14-10(15)8-16/h10-11H,6-9H2,1-5H3;9H,6-8H2,1-5H3/t10-,11+;. The van der Waals surface area contributed by atoms with Crippen LogP contribution in [0.2, 0.25) is 0 Å². The highest BCUT2D eigenvalue weighted by atomic mass is 16.5. The molecule has 0 N–H and O–H groups in total. The molecule has 4 rings (SSSR count). The van der Waals surface area contributed by atoms with E-state index < -0.39 is 0 Å². The summed E-state index contributed by atoms with van der Waals surface area (Å²) in [4.78, 5) is 5.24. The first-order valence-electron chi connectivity index (χ1n) is 12.1. The van der Waals surface area contributed by atoms with Gasteiger partial charge < -0.3 is 9.30 Å². The Kier molecular flexibility index (Phi) is 6.70.